The molecule has 0 spiro atoms. The molecule has 0 amide bonds. The van der Waals surface area contributed by atoms with Crippen LogP contribution in [0.2, 0.25) is 5.02 Å². The van der Waals surface area contributed by atoms with Gasteiger partial charge in [0, 0.05) is 24.5 Å². The first kappa shape index (κ1) is 12.7. The highest BCUT2D eigenvalue weighted by molar-refractivity contribution is 6.31. The monoisotopic (exact) mass is 259 g/mol. The van der Waals surface area contributed by atoms with Gasteiger partial charge in [0.2, 0.25) is 0 Å². The average molecular weight is 260 g/mol. The summed E-state index contributed by atoms with van der Waals surface area (Å²) in [5.41, 5.74) is 4.16. The third kappa shape index (κ3) is 1.89. The Morgan fingerprint density at radius 3 is 2.50 bits per heavy atom. The summed E-state index contributed by atoms with van der Waals surface area (Å²) in [6.45, 7) is 3.84. The van der Waals surface area contributed by atoms with E-state index in [4.69, 9.17) is 11.6 Å². The Balaban J connectivity index is 3.03. The van der Waals surface area contributed by atoms with E-state index in [1.54, 1.807) is 0 Å². The van der Waals surface area contributed by atoms with E-state index >= 15 is 0 Å². The molecule has 0 saturated heterocycles. The van der Waals surface area contributed by atoms with Crippen LogP contribution in [0.1, 0.15) is 16.8 Å². The topological polar surface area (TPSA) is 39.9 Å². The molecule has 0 aliphatic heterocycles. The maximum Gasteiger partial charge on any atom is 0.103 e. The summed E-state index contributed by atoms with van der Waals surface area (Å²) >= 11 is 6.11. The SMILES string of the molecule is Cc1nc2c(C)cc(Cl)cc2c(N(C)C)c1C#N. The molecule has 0 radical (unpaired) electrons. The number of nitrogens with zero attached hydrogens (tertiary/aromatic N) is 3. The first-order valence-corrected chi connectivity index (χ1v) is 6.01. The minimum absolute atomic E-state index is 0.606. The number of fused-ring (bicyclic) bond motifs is 1. The van der Waals surface area contributed by atoms with Crippen molar-refractivity contribution in [2.24, 2.45) is 0 Å². The zero-order chi connectivity index (χ0) is 13.4. The molecule has 0 fully saturated rings. The fraction of sp³-hybridized carbons (Fsp3) is 0.286. The molecule has 1 aromatic heterocycles. The van der Waals surface area contributed by atoms with Gasteiger partial charge >= 0.3 is 0 Å². The summed E-state index contributed by atoms with van der Waals surface area (Å²) in [4.78, 5) is 6.46. The third-order valence-corrected chi connectivity index (χ3v) is 3.18. The Bertz CT molecular complexity index is 669. The fourth-order valence-corrected chi connectivity index (χ4v) is 2.47. The lowest BCUT2D eigenvalue weighted by atomic mass is 10.0. The van der Waals surface area contributed by atoms with Crippen molar-refractivity contribution in [1.29, 1.82) is 5.26 Å². The van der Waals surface area contributed by atoms with Gasteiger partial charge in [-0.25, -0.2) is 0 Å². The van der Waals surface area contributed by atoms with Crippen LogP contribution in [0.4, 0.5) is 5.69 Å². The van der Waals surface area contributed by atoms with Crippen LogP contribution in [0, 0.1) is 25.2 Å². The molecule has 0 aliphatic rings. The van der Waals surface area contributed by atoms with Crippen molar-refractivity contribution in [3.63, 3.8) is 0 Å². The van der Waals surface area contributed by atoms with E-state index in [9.17, 15) is 5.26 Å². The second kappa shape index (κ2) is 4.47. The van der Waals surface area contributed by atoms with E-state index in [0.717, 1.165) is 27.8 Å². The number of hydrogen-bond acceptors (Lipinski definition) is 3. The summed E-state index contributed by atoms with van der Waals surface area (Å²) in [5, 5.41) is 10.9. The minimum atomic E-state index is 0.606. The fourth-order valence-electron chi connectivity index (χ4n) is 2.19. The Hall–Kier alpha value is -1.79. The number of pyridine rings is 1. The first-order chi connectivity index (χ1) is 8.45. The lowest BCUT2D eigenvalue weighted by Crippen LogP contribution is -2.13. The Morgan fingerprint density at radius 2 is 1.94 bits per heavy atom. The summed E-state index contributed by atoms with van der Waals surface area (Å²) in [6.07, 6.45) is 0. The highest BCUT2D eigenvalue weighted by Crippen LogP contribution is 2.33. The van der Waals surface area contributed by atoms with Crippen LogP contribution in [0.3, 0.4) is 0 Å². The molecule has 2 rings (SSSR count). The van der Waals surface area contributed by atoms with E-state index in [0.29, 0.717) is 10.6 Å². The molecule has 0 atom stereocenters. The van der Waals surface area contributed by atoms with Crippen LogP contribution >= 0.6 is 11.6 Å². The van der Waals surface area contributed by atoms with Gasteiger partial charge in [-0.15, -0.1) is 0 Å². The summed E-state index contributed by atoms with van der Waals surface area (Å²) in [7, 11) is 3.84. The van der Waals surface area contributed by atoms with Gasteiger partial charge in [-0.2, -0.15) is 5.26 Å². The number of hydrogen-bond donors (Lipinski definition) is 0. The lowest BCUT2D eigenvalue weighted by molar-refractivity contribution is 1.11. The van der Waals surface area contributed by atoms with Crippen molar-refractivity contribution in [1.82, 2.24) is 4.98 Å². The van der Waals surface area contributed by atoms with Crippen molar-refractivity contribution in [3.8, 4) is 6.07 Å². The second-order valence-corrected chi connectivity index (χ2v) is 4.98. The zero-order valence-corrected chi connectivity index (χ0v) is 11.6. The van der Waals surface area contributed by atoms with E-state index in [2.05, 4.69) is 11.1 Å². The molecule has 3 nitrogen and oxygen atoms in total. The van der Waals surface area contributed by atoms with Crippen LogP contribution in [-0.4, -0.2) is 19.1 Å². The van der Waals surface area contributed by atoms with Crippen LogP contribution in [-0.2, 0) is 0 Å². The zero-order valence-electron chi connectivity index (χ0n) is 10.9. The predicted octanol–water partition coefficient (Wildman–Crippen LogP) is 3.44. The quantitative estimate of drug-likeness (QED) is 0.788. The normalized spacial score (nSPS) is 10.4. The molecule has 2 aromatic rings. The van der Waals surface area contributed by atoms with Crippen LogP contribution in [0.25, 0.3) is 10.9 Å². The van der Waals surface area contributed by atoms with Crippen LogP contribution in [0.15, 0.2) is 12.1 Å². The van der Waals surface area contributed by atoms with E-state index in [1.165, 1.54) is 0 Å². The van der Waals surface area contributed by atoms with Gasteiger partial charge in [0.1, 0.15) is 6.07 Å². The lowest BCUT2D eigenvalue weighted by Gasteiger charge is -2.19. The number of benzene rings is 1. The molecule has 0 aliphatic carbocycles. The van der Waals surface area contributed by atoms with Crippen molar-refractivity contribution < 1.29 is 0 Å². The van der Waals surface area contributed by atoms with Gasteiger partial charge in [-0.3, -0.25) is 4.98 Å². The molecule has 18 heavy (non-hydrogen) atoms. The molecular formula is C14H14ClN3. The maximum absolute atomic E-state index is 9.30. The molecular weight excluding hydrogens is 246 g/mol. The smallest absolute Gasteiger partial charge is 0.103 e. The van der Waals surface area contributed by atoms with Gasteiger partial charge in [0.25, 0.3) is 0 Å². The predicted molar refractivity (Wildman–Crippen MR) is 75.3 cm³/mol. The first-order valence-electron chi connectivity index (χ1n) is 5.63. The number of halogens is 1. The Morgan fingerprint density at radius 1 is 1.28 bits per heavy atom. The van der Waals surface area contributed by atoms with Crippen LogP contribution < -0.4 is 4.90 Å². The van der Waals surface area contributed by atoms with Gasteiger partial charge in [0.05, 0.1) is 22.5 Å². The van der Waals surface area contributed by atoms with E-state index in [1.807, 2.05) is 45.0 Å². The molecule has 92 valence electrons. The molecule has 0 N–H and O–H groups in total. The third-order valence-electron chi connectivity index (χ3n) is 2.96. The number of aryl methyl sites for hydroxylation is 2. The molecule has 1 aromatic carbocycles. The van der Waals surface area contributed by atoms with Gasteiger partial charge < -0.3 is 4.90 Å². The Kier molecular flexibility index (Phi) is 3.14. The van der Waals surface area contributed by atoms with Crippen LogP contribution in [0.5, 0.6) is 0 Å². The molecule has 0 bridgehead atoms. The Labute approximate surface area is 112 Å². The van der Waals surface area contributed by atoms with Gasteiger partial charge in [0.15, 0.2) is 0 Å². The van der Waals surface area contributed by atoms with Crippen molar-refractivity contribution >= 4 is 28.2 Å². The summed E-state index contributed by atoms with van der Waals surface area (Å²) < 4.78 is 0. The van der Waals surface area contributed by atoms with E-state index < -0.39 is 0 Å². The highest BCUT2D eigenvalue weighted by Gasteiger charge is 2.15. The number of anilines is 1. The number of aromatic nitrogens is 1. The standard InChI is InChI=1S/C14H14ClN3/c1-8-5-10(15)6-11-13(8)17-9(2)12(7-16)14(11)18(3)4/h5-6H,1-4H3. The largest absolute Gasteiger partial charge is 0.376 e. The summed E-state index contributed by atoms with van der Waals surface area (Å²) in [6, 6.07) is 5.99. The van der Waals surface area contributed by atoms with Gasteiger partial charge in [-0.05, 0) is 31.5 Å². The van der Waals surface area contributed by atoms with E-state index in [-0.39, 0.29) is 0 Å². The number of nitriles is 1. The van der Waals surface area contributed by atoms with Gasteiger partial charge in [-0.1, -0.05) is 11.6 Å². The summed E-state index contributed by atoms with van der Waals surface area (Å²) in [5.74, 6) is 0. The highest BCUT2D eigenvalue weighted by atomic mass is 35.5. The number of rotatable bonds is 1. The molecule has 0 unspecified atom stereocenters. The van der Waals surface area contributed by atoms with Crippen molar-refractivity contribution in [2.45, 2.75) is 13.8 Å². The average Bonchev–Trinajstić information content (AvgIpc) is 2.28. The van der Waals surface area contributed by atoms with Crippen molar-refractivity contribution in [3.05, 3.63) is 34.0 Å². The molecule has 1 heterocycles. The maximum atomic E-state index is 9.30. The molecule has 0 saturated carbocycles. The minimum Gasteiger partial charge on any atom is -0.376 e. The molecule has 4 heteroatoms. The second-order valence-electron chi connectivity index (χ2n) is 4.55. The van der Waals surface area contributed by atoms with Crippen molar-refractivity contribution in [2.75, 3.05) is 19.0 Å².